The van der Waals surface area contributed by atoms with Crippen LogP contribution in [0, 0.1) is 5.41 Å². The number of nitrogens with zero attached hydrogens (tertiary/aromatic N) is 3. The van der Waals surface area contributed by atoms with E-state index in [1.54, 1.807) is 22.9 Å². The lowest BCUT2D eigenvalue weighted by Gasteiger charge is -2.18. The zero-order valence-electron chi connectivity index (χ0n) is 17.7. The van der Waals surface area contributed by atoms with E-state index >= 15 is 0 Å². The van der Waals surface area contributed by atoms with Crippen molar-refractivity contribution in [2.75, 3.05) is 5.73 Å². The summed E-state index contributed by atoms with van der Waals surface area (Å²) in [7, 11) is 1.82. The fourth-order valence-corrected chi connectivity index (χ4v) is 3.52. The fourth-order valence-electron chi connectivity index (χ4n) is 3.52. The lowest BCUT2D eigenvalue weighted by molar-refractivity contribution is 0.342. The van der Waals surface area contributed by atoms with Crippen LogP contribution in [0.4, 0.5) is 5.69 Å². The maximum absolute atomic E-state index is 12.8. The molecule has 30 heavy (non-hydrogen) atoms. The Bertz CT molecular complexity index is 1260. The average molecular weight is 402 g/mol. The largest absolute Gasteiger partial charge is 0.439 e. The van der Waals surface area contributed by atoms with Gasteiger partial charge in [0.05, 0.1) is 11.0 Å². The minimum Gasteiger partial charge on any atom is -0.439 e. The topological polar surface area (TPSA) is 75.1 Å². The number of fused-ring (bicyclic) bond motifs is 1. The molecule has 4 rings (SSSR count). The number of nitrogens with two attached hydrogens (primary N) is 1. The molecule has 2 aromatic carbocycles. The summed E-state index contributed by atoms with van der Waals surface area (Å²) < 4.78 is 9.41. The second kappa shape index (κ2) is 7.37. The Morgan fingerprint density at radius 1 is 0.967 bits per heavy atom. The van der Waals surface area contributed by atoms with Crippen LogP contribution in [0.1, 0.15) is 20.8 Å². The highest BCUT2D eigenvalue weighted by Gasteiger charge is 2.18. The average Bonchev–Trinajstić information content (AvgIpc) is 2.93. The van der Waals surface area contributed by atoms with Crippen LogP contribution >= 0.6 is 0 Å². The van der Waals surface area contributed by atoms with Crippen molar-refractivity contribution in [2.24, 2.45) is 12.5 Å². The number of ether oxygens (including phenoxy) is 1. The zero-order valence-corrected chi connectivity index (χ0v) is 17.7. The normalized spacial score (nSPS) is 11.7. The van der Waals surface area contributed by atoms with Gasteiger partial charge < -0.3 is 10.5 Å². The number of benzene rings is 2. The summed E-state index contributed by atoms with van der Waals surface area (Å²) in [4.78, 5) is 17.1. The van der Waals surface area contributed by atoms with E-state index in [9.17, 15) is 4.79 Å². The molecule has 4 aromatic rings. The molecular weight excluding hydrogens is 376 g/mol. The molecule has 0 atom stereocenters. The Kier molecular flexibility index (Phi) is 4.86. The van der Waals surface area contributed by atoms with E-state index in [4.69, 9.17) is 10.5 Å². The van der Waals surface area contributed by atoms with Crippen molar-refractivity contribution in [3.05, 3.63) is 71.3 Å². The molecule has 0 aliphatic rings. The SMILES string of the molecule is Cn1c(=O)n(CC(C)(C)C)c2ccc(-c3ccnc(Oc4ccc(N)cc4)c3)cc21. The molecule has 0 fully saturated rings. The standard InChI is InChI=1S/C24H26N4O2/c1-24(2,3)15-28-20-10-5-16(13-21(20)27(4)23(28)29)17-11-12-26-22(14-17)30-19-8-6-18(25)7-9-19/h5-14H,15,25H2,1-4H3. The van der Waals surface area contributed by atoms with Crippen LogP contribution < -0.4 is 16.2 Å². The monoisotopic (exact) mass is 402 g/mol. The van der Waals surface area contributed by atoms with Gasteiger partial charge in [-0.05, 0) is 59.0 Å². The number of hydrogen-bond acceptors (Lipinski definition) is 4. The molecule has 0 spiro atoms. The van der Waals surface area contributed by atoms with Gasteiger partial charge in [0.1, 0.15) is 5.75 Å². The summed E-state index contributed by atoms with van der Waals surface area (Å²) >= 11 is 0. The number of aromatic nitrogens is 3. The molecule has 154 valence electrons. The highest BCUT2D eigenvalue weighted by molar-refractivity contribution is 5.83. The van der Waals surface area contributed by atoms with Crippen molar-refractivity contribution >= 4 is 16.7 Å². The number of imidazole rings is 1. The first-order chi connectivity index (χ1) is 14.2. The molecular formula is C24H26N4O2. The second-order valence-electron chi connectivity index (χ2n) is 8.75. The van der Waals surface area contributed by atoms with E-state index in [0.717, 1.165) is 22.2 Å². The van der Waals surface area contributed by atoms with Gasteiger partial charge in [0.15, 0.2) is 0 Å². The summed E-state index contributed by atoms with van der Waals surface area (Å²) in [5, 5.41) is 0. The molecule has 0 saturated heterocycles. The summed E-state index contributed by atoms with van der Waals surface area (Å²) in [6.45, 7) is 7.06. The maximum atomic E-state index is 12.8. The molecule has 0 saturated carbocycles. The van der Waals surface area contributed by atoms with Gasteiger partial charge in [0, 0.05) is 31.5 Å². The van der Waals surface area contributed by atoms with E-state index in [1.165, 1.54) is 0 Å². The molecule has 0 aliphatic heterocycles. The molecule has 0 amide bonds. The van der Waals surface area contributed by atoms with Gasteiger partial charge in [-0.25, -0.2) is 9.78 Å². The lowest BCUT2D eigenvalue weighted by Crippen LogP contribution is -2.27. The van der Waals surface area contributed by atoms with Crippen molar-refractivity contribution in [3.8, 4) is 22.8 Å². The molecule has 0 aliphatic carbocycles. The van der Waals surface area contributed by atoms with Gasteiger partial charge >= 0.3 is 5.69 Å². The Hall–Kier alpha value is -3.54. The van der Waals surface area contributed by atoms with Crippen LogP contribution in [-0.4, -0.2) is 14.1 Å². The Morgan fingerprint density at radius 3 is 2.37 bits per heavy atom. The number of anilines is 1. The zero-order chi connectivity index (χ0) is 21.5. The molecule has 0 radical (unpaired) electrons. The van der Waals surface area contributed by atoms with Crippen LogP contribution in [-0.2, 0) is 13.6 Å². The van der Waals surface area contributed by atoms with Crippen molar-refractivity contribution in [1.82, 2.24) is 14.1 Å². The predicted octanol–water partition coefficient (Wildman–Crippen LogP) is 4.82. The van der Waals surface area contributed by atoms with Crippen molar-refractivity contribution in [2.45, 2.75) is 27.3 Å². The quantitative estimate of drug-likeness (QED) is 0.497. The third-order valence-electron chi connectivity index (χ3n) is 4.95. The molecule has 0 bridgehead atoms. The summed E-state index contributed by atoms with van der Waals surface area (Å²) in [5.41, 5.74) is 10.2. The number of aryl methyl sites for hydroxylation is 1. The van der Waals surface area contributed by atoms with Crippen molar-refractivity contribution in [1.29, 1.82) is 0 Å². The van der Waals surface area contributed by atoms with Gasteiger partial charge in [-0.1, -0.05) is 26.8 Å². The molecule has 0 unspecified atom stereocenters. The van der Waals surface area contributed by atoms with Crippen LogP contribution in [0.25, 0.3) is 22.2 Å². The van der Waals surface area contributed by atoms with Gasteiger partial charge in [0.2, 0.25) is 5.88 Å². The lowest BCUT2D eigenvalue weighted by atomic mass is 9.97. The minimum absolute atomic E-state index is 0.000763. The number of hydrogen-bond donors (Lipinski definition) is 1. The van der Waals surface area contributed by atoms with E-state index < -0.39 is 0 Å². The van der Waals surface area contributed by atoms with E-state index in [2.05, 4.69) is 25.8 Å². The first-order valence-corrected chi connectivity index (χ1v) is 9.90. The molecule has 6 heteroatoms. The molecule has 2 N–H and O–H groups in total. The fraction of sp³-hybridized carbons (Fsp3) is 0.250. The van der Waals surface area contributed by atoms with Crippen molar-refractivity contribution in [3.63, 3.8) is 0 Å². The van der Waals surface area contributed by atoms with Crippen LogP contribution in [0.2, 0.25) is 0 Å². The molecule has 2 heterocycles. The molecule has 2 aromatic heterocycles. The maximum Gasteiger partial charge on any atom is 0.328 e. The Morgan fingerprint density at radius 2 is 1.67 bits per heavy atom. The summed E-state index contributed by atoms with van der Waals surface area (Å²) in [6.07, 6.45) is 1.72. The van der Waals surface area contributed by atoms with Crippen molar-refractivity contribution < 1.29 is 4.74 Å². The van der Waals surface area contributed by atoms with Gasteiger partial charge in [0.25, 0.3) is 0 Å². The van der Waals surface area contributed by atoms with E-state index in [0.29, 0.717) is 23.9 Å². The first kappa shape index (κ1) is 19.8. The smallest absolute Gasteiger partial charge is 0.328 e. The predicted molar refractivity (Wildman–Crippen MR) is 121 cm³/mol. The number of pyridine rings is 1. The van der Waals surface area contributed by atoms with Crippen LogP contribution in [0.5, 0.6) is 11.6 Å². The van der Waals surface area contributed by atoms with Gasteiger partial charge in [-0.3, -0.25) is 9.13 Å². The minimum atomic E-state index is -0.000763. The Balaban J connectivity index is 1.71. The van der Waals surface area contributed by atoms with Crippen LogP contribution in [0.3, 0.4) is 0 Å². The summed E-state index contributed by atoms with van der Waals surface area (Å²) in [6, 6.07) is 17.1. The third-order valence-corrected chi connectivity index (χ3v) is 4.95. The highest BCUT2D eigenvalue weighted by Crippen LogP contribution is 2.29. The third kappa shape index (κ3) is 3.94. The summed E-state index contributed by atoms with van der Waals surface area (Å²) in [5.74, 6) is 1.17. The van der Waals surface area contributed by atoms with Crippen LogP contribution in [0.15, 0.2) is 65.6 Å². The Labute approximate surface area is 175 Å². The highest BCUT2D eigenvalue weighted by atomic mass is 16.5. The van der Waals surface area contributed by atoms with Gasteiger partial charge in [-0.15, -0.1) is 0 Å². The second-order valence-corrected chi connectivity index (χ2v) is 8.75. The van der Waals surface area contributed by atoms with Gasteiger partial charge in [-0.2, -0.15) is 0 Å². The number of nitrogen functional groups attached to an aromatic ring is 1. The number of rotatable bonds is 4. The van der Waals surface area contributed by atoms with E-state index in [1.807, 2.05) is 54.1 Å². The molecule has 6 nitrogen and oxygen atoms in total. The van der Waals surface area contributed by atoms with E-state index in [-0.39, 0.29) is 11.1 Å². The first-order valence-electron chi connectivity index (χ1n) is 9.90.